The van der Waals surface area contributed by atoms with E-state index in [0.29, 0.717) is 11.6 Å². The highest BCUT2D eigenvalue weighted by Gasteiger charge is 2.11. The predicted octanol–water partition coefficient (Wildman–Crippen LogP) is 5.58. The molecule has 31 heavy (non-hydrogen) atoms. The Kier molecular flexibility index (Phi) is 5.94. The number of benzene rings is 3. The van der Waals surface area contributed by atoms with Crippen molar-refractivity contribution in [2.45, 2.75) is 27.2 Å². The Hall–Kier alpha value is -3.73. The molecule has 5 heteroatoms. The summed E-state index contributed by atoms with van der Waals surface area (Å²) in [7, 11) is 0. The lowest BCUT2D eigenvalue weighted by molar-refractivity contribution is 0.0950. The number of hydrogen-bond donors (Lipinski definition) is 2. The van der Waals surface area contributed by atoms with Crippen LogP contribution in [0.1, 0.15) is 42.4 Å². The van der Waals surface area contributed by atoms with E-state index in [2.05, 4.69) is 71.0 Å². The summed E-state index contributed by atoms with van der Waals surface area (Å²) in [5.41, 5.74) is 7.69. The van der Waals surface area contributed by atoms with Crippen LogP contribution in [0.2, 0.25) is 0 Å². The van der Waals surface area contributed by atoms with E-state index in [0.717, 1.165) is 34.3 Å². The van der Waals surface area contributed by atoms with Crippen LogP contribution < -0.4 is 5.43 Å². The highest BCUT2D eigenvalue weighted by Crippen LogP contribution is 2.20. The fourth-order valence-corrected chi connectivity index (χ4v) is 3.54. The maximum atomic E-state index is 12.5. The number of fused-ring (bicyclic) bond motifs is 1. The smallest absolute Gasteiger partial charge is 0.272 e. The van der Waals surface area contributed by atoms with Crippen LogP contribution in [0.15, 0.2) is 77.9 Å². The van der Waals surface area contributed by atoms with Crippen molar-refractivity contribution in [3.63, 3.8) is 0 Å². The van der Waals surface area contributed by atoms with Crippen LogP contribution in [0, 0.1) is 5.92 Å². The third-order valence-corrected chi connectivity index (χ3v) is 5.21. The summed E-state index contributed by atoms with van der Waals surface area (Å²) in [5, 5.41) is 13.7. The van der Waals surface area contributed by atoms with E-state index in [1.807, 2.05) is 37.3 Å². The van der Waals surface area contributed by atoms with Gasteiger partial charge < -0.3 is 0 Å². The molecule has 0 spiro atoms. The molecular formula is C26H26N4O. The molecule has 0 aliphatic rings. The van der Waals surface area contributed by atoms with E-state index in [9.17, 15) is 4.79 Å². The zero-order chi connectivity index (χ0) is 21.8. The molecule has 5 nitrogen and oxygen atoms in total. The number of aromatic nitrogens is 2. The monoisotopic (exact) mass is 410 g/mol. The van der Waals surface area contributed by atoms with Gasteiger partial charge in [-0.05, 0) is 53.3 Å². The molecular weight excluding hydrogens is 384 g/mol. The summed E-state index contributed by atoms with van der Waals surface area (Å²) in [6.45, 7) is 6.29. The van der Waals surface area contributed by atoms with Crippen molar-refractivity contribution >= 4 is 22.4 Å². The molecule has 0 saturated heterocycles. The number of H-pyrrole nitrogens is 1. The van der Waals surface area contributed by atoms with E-state index >= 15 is 0 Å². The van der Waals surface area contributed by atoms with Gasteiger partial charge in [0.15, 0.2) is 0 Å². The van der Waals surface area contributed by atoms with Crippen LogP contribution in [-0.2, 0) is 6.42 Å². The first-order valence-corrected chi connectivity index (χ1v) is 10.5. The van der Waals surface area contributed by atoms with Crippen molar-refractivity contribution in [1.82, 2.24) is 15.6 Å². The van der Waals surface area contributed by atoms with Gasteiger partial charge in [-0.3, -0.25) is 9.89 Å². The number of nitrogens with zero attached hydrogens (tertiary/aromatic N) is 2. The summed E-state index contributed by atoms with van der Waals surface area (Å²) in [5.74, 6) is 0.292. The number of amides is 1. The Bertz CT molecular complexity index is 1240. The van der Waals surface area contributed by atoms with E-state index < -0.39 is 0 Å². The SMILES string of the molecule is CC(=NNC(=O)c1cc(-c2ccc(CC(C)C)cc2)n[nH]1)c1ccc2ccccc2c1. The Morgan fingerprint density at radius 1 is 1.00 bits per heavy atom. The minimum absolute atomic E-state index is 0.324. The van der Waals surface area contributed by atoms with Gasteiger partial charge in [0, 0.05) is 5.56 Å². The van der Waals surface area contributed by atoms with Crippen LogP contribution in [0.25, 0.3) is 22.0 Å². The Morgan fingerprint density at radius 3 is 2.48 bits per heavy atom. The van der Waals surface area contributed by atoms with Gasteiger partial charge in [-0.1, -0.05) is 74.5 Å². The molecule has 156 valence electrons. The Balaban J connectivity index is 1.44. The largest absolute Gasteiger partial charge is 0.289 e. The molecule has 0 fully saturated rings. The number of aromatic amines is 1. The number of carbonyl (C=O) groups excluding carboxylic acids is 1. The quantitative estimate of drug-likeness (QED) is 0.322. The average molecular weight is 411 g/mol. The van der Waals surface area contributed by atoms with Crippen LogP contribution >= 0.6 is 0 Å². The van der Waals surface area contributed by atoms with Gasteiger partial charge in [0.1, 0.15) is 5.69 Å². The molecule has 0 aliphatic carbocycles. The number of hydrogen-bond acceptors (Lipinski definition) is 3. The normalized spacial score (nSPS) is 11.8. The molecule has 0 radical (unpaired) electrons. The van der Waals surface area contributed by atoms with Crippen molar-refractivity contribution < 1.29 is 4.79 Å². The first-order valence-electron chi connectivity index (χ1n) is 10.5. The van der Waals surface area contributed by atoms with E-state index in [1.165, 1.54) is 10.9 Å². The first kappa shape index (κ1) is 20.5. The number of nitrogens with one attached hydrogen (secondary N) is 2. The van der Waals surface area contributed by atoms with Gasteiger partial charge in [-0.2, -0.15) is 10.2 Å². The summed E-state index contributed by atoms with van der Waals surface area (Å²) in [4.78, 5) is 12.5. The maximum Gasteiger partial charge on any atom is 0.289 e. The van der Waals surface area contributed by atoms with Gasteiger partial charge in [0.25, 0.3) is 5.91 Å². The fourth-order valence-electron chi connectivity index (χ4n) is 3.54. The second kappa shape index (κ2) is 8.96. The van der Waals surface area contributed by atoms with Crippen LogP contribution in [0.5, 0.6) is 0 Å². The third-order valence-electron chi connectivity index (χ3n) is 5.21. The predicted molar refractivity (Wildman–Crippen MR) is 126 cm³/mol. The Labute approximate surface area is 182 Å². The lowest BCUT2D eigenvalue weighted by Gasteiger charge is -2.05. The molecule has 1 amide bonds. The molecule has 4 aromatic rings. The lowest BCUT2D eigenvalue weighted by atomic mass is 10.0. The zero-order valence-electron chi connectivity index (χ0n) is 18.0. The molecule has 0 aliphatic heterocycles. The van der Waals surface area contributed by atoms with Crippen LogP contribution in [-0.4, -0.2) is 21.8 Å². The summed E-state index contributed by atoms with van der Waals surface area (Å²) in [6, 6.07) is 24.3. The van der Waals surface area contributed by atoms with Crippen molar-refractivity contribution in [2.75, 3.05) is 0 Å². The highest BCUT2D eigenvalue weighted by molar-refractivity contribution is 6.03. The third kappa shape index (κ3) is 4.89. The van der Waals surface area contributed by atoms with Crippen LogP contribution in [0.4, 0.5) is 0 Å². The van der Waals surface area contributed by atoms with Crippen LogP contribution in [0.3, 0.4) is 0 Å². The summed E-state index contributed by atoms with van der Waals surface area (Å²) < 4.78 is 0. The standard InChI is InChI=1S/C26H26N4O/c1-17(2)14-19-8-10-21(11-9-19)24-16-25(29-28-24)26(31)30-27-18(3)22-13-12-20-6-4-5-7-23(20)15-22/h4-13,15-17H,14H2,1-3H3,(H,28,29)(H,30,31). The lowest BCUT2D eigenvalue weighted by Crippen LogP contribution is -2.19. The highest BCUT2D eigenvalue weighted by atomic mass is 16.2. The van der Waals surface area contributed by atoms with Gasteiger partial charge in [0.05, 0.1) is 11.4 Å². The molecule has 0 unspecified atom stereocenters. The summed E-state index contributed by atoms with van der Waals surface area (Å²) >= 11 is 0. The fraction of sp³-hybridized carbons (Fsp3) is 0.192. The zero-order valence-corrected chi connectivity index (χ0v) is 18.0. The van der Waals surface area contributed by atoms with Gasteiger partial charge in [-0.25, -0.2) is 5.43 Å². The topological polar surface area (TPSA) is 70.1 Å². The molecule has 0 atom stereocenters. The second-order valence-corrected chi connectivity index (χ2v) is 8.16. The molecule has 4 rings (SSSR count). The van der Waals surface area contributed by atoms with E-state index in [4.69, 9.17) is 0 Å². The minimum atomic E-state index is -0.324. The van der Waals surface area contributed by atoms with E-state index in [1.54, 1.807) is 6.07 Å². The van der Waals surface area contributed by atoms with Crippen molar-refractivity contribution in [1.29, 1.82) is 0 Å². The number of rotatable bonds is 6. The first-order chi connectivity index (χ1) is 15.0. The number of carbonyl (C=O) groups is 1. The molecule has 0 bridgehead atoms. The molecule has 1 aromatic heterocycles. The maximum absolute atomic E-state index is 12.5. The number of hydrazone groups is 1. The Morgan fingerprint density at radius 2 is 1.74 bits per heavy atom. The molecule has 1 heterocycles. The second-order valence-electron chi connectivity index (χ2n) is 8.16. The van der Waals surface area contributed by atoms with Crippen molar-refractivity contribution in [3.8, 4) is 11.3 Å². The molecule has 3 aromatic carbocycles. The van der Waals surface area contributed by atoms with Crippen molar-refractivity contribution in [3.05, 3.63) is 89.6 Å². The molecule has 2 N–H and O–H groups in total. The van der Waals surface area contributed by atoms with Crippen molar-refractivity contribution in [2.24, 2.45) is 11.0 Å². The van der Waals surface area contributed by atoms with Gasteiger partial charge in [0.2, 0.25) is 0 Å². The average Bonchev–Trinajstić information content (AvgIpc) is 3.27. The van der Waals surface area contributed by atoms with Gasteiger partial charge >= 0.3 is 0 Å². The van der Waals surface area contributed by atoms with Gasteiger partial charge in [-0.15, -0.1) is 0 Å². The molecule has 0 saturated carbocycles. The minimum Gasteiger partial charge on any atom is -0.272 e. The summed E-state index contributed by atoms with van der Waals surface area (Å²) in [6.07, 6.45) is 1.04. The van der Waals surface area contributed by atoms with E-state index in [-0.39, 0.29) is 5.91 Å².